The molecule has 3 amide bonds. The van der Waals surface area contributed by atoms with Crippen molar-refractivity contribution >= 4 is 29.1 Å². The van der Waals surface area contributed by atoms with Crippen LogP contribution in [-0.4, -0.2) is 91.3 Å². The summed E-state index contributed by atoms with van der Waals surface area (Å²) in [6, 6.07) is 5.69. The van der Waals surface area contributed by atoms with Crippen molar-refractivity contribution in [3.05, 3.63) is 23.8 Å². The van der Waals surface area contributed by atoms with Gasteiger partial charge in [-0.25, -0.2) is 0 Å². The maximum Gasteiger partial charge on any atom is 0.313 e. The van der Waals surface area contributed by atoms with Crippen LogP contribution in [0.1, 0.15) is 65.4 Å². The normalized spacial score (nSPS) is 15.9. The van der Waals surface area contributed by atoms with Crippen LogP contribution in [0, 0.1) is 5.92 Å². The third kappa shape index (κ3) is 8.01. The molecule has 37 heavy (non-hydrogen) atoms. The Morgan fingerprint density at radius 3 is 2.05 bits per heavy atom. The Labute approximate surface area is 223 Å². The van der Waals surface area contributed by atoms with Crippen LogP contribution in [0.2, 0.25) is 0 Å². The van der Waals surface area contributed by atoms with Crippen LogP contribution >= 0.6 is 0 Å². The molecular formula is C29H47N5O3. The summed E-state index contributed by atoms with van der Waals surface area (Å²) in [7, 11) is 0. The monoisotopic (exact) mass is 513 g/mol. The predicted octanol–water partition coefficient (Wildman–Crippen LogP) is 3.61. The van der Waals surface area contributed by atoms with Crippen molar-refractivity contribution in [1.82, 2.24) is 14.7 Å². The van der Waals surface area contributed by atoms with Crippen molar-refractivity contribution in [2.24, 2.45) is 5.92 Å². The van der Waals surface area contributed by atoms with E-state index in [9.17, 15) is 14.4 Å². The number of hydrogen-bond donors (Lipinski definition) is 1. The van der Waals surface area contributed by atoms with E-state index in [4.69, 9.17) is 0 Å². The van der Waals surface area contributed by atoms with E-state index in [1.807, 2.05) is 23.1 Å². The highest BCUT2D eigenvalue weighted by atomic mass is 16.2. The van der Waals surface area contributed by atoms with Crippen LogP contribution in [0.4, 0.5) is 11.4 Å². The van der Waals surface area contributed by atoms with E-state index in [-0.39, 0.29) is 5.91 Å². The molecule has 0 radical (unpaired) electrons. The Morgan fingerprint density at radius 1 is 0.892 bits per heavy atom. The molecule has 0 bridgehead atoms. The van der Waals surface area contributed by atoms with Gasteiger partial charge in [-0.15, -0.1) is 0 Å². The largest absolute Gasteiger partial charge is 0.332 e. The number of hydrogen-bond acceptors (Lipinski definition) is 5. The zero-order chi connectivity index (χ0) is 26.8. The van der Waals surface area contributed by atoms with E-state index < -0.39 is 11.8 Å². The van der Waals surface area contributed by atoms with E-state index >= 15 is 0 Å². The molecule has 0 atom stereocenters. The Morgan fingerprint density at radius 2 is 1.49 bits per heavy atom. The summed E-state index contributed by atoms with van der Waals surface area (Å²) in [6.45, 7) is 15.4. The minimum absolute atomic E-state index is 0.184. The molecule has 1 aromatic rings. The molecule has 3 rings (SSSR count). The summed E-state index contributed by atoms with van der Waals surface area (Å²) < 4.78 is 0. The Bertz CT molecular complexity index is 891. The van der Waals surface area contributed by atoms with Crippen LogP contribution in [0.3, 0.4) is 0 Å². The summed E-state index contributed by atoms with van der Waals surface area (Å²) in [5.41, 5.74) is 2.62. The number of amides is 3. The first kappa shape index (κ1) is 29.1. The van der Waals surface area contributed by atoms with E-state index in [0.717, 1.165) is 57.1 Å². The number of carbonyl (C=O) groups is 3. The first-order valence-electron chi connectivity index (χ1n) is 14.4. The van der Waals surface area contributed by atoms with Gasteiger partial charge in [0.1, 0.15) is 0 Å². The highest BCUT2D eigenvalue weighted by Crippen LogP contribution is 2.34. The van der Waals surface area contributed by atoms with E-state index in [1.165, 1.54) is 25.7 Å². The van der Waals surface area contributed by atoms with Crippen molar-refractivity contribution in [2.75, 3.05) is 69.1 Å². The van der Waals surface area contributed by atoms with Gasteiger partial charge in [0.2, 0.25) is 5.91 Å². The number of nitrogens with zero attached hydrogens (tertiary/aromatic N) is 4. The maximum atomic E-state index is 13.2. The lowest BCUT2D eigenvalue weighted by atomic mass is 9.98. The van der Waals surface area contributed by atoms with Crippen LogP contribution in [0.15, 0.2) is 18.2 Å². The molecule has 1 saturated carbocycles. The average molecular weight is 514 g/mol. The van der Waals surface area contributed by atoms with E-state index in [0.29, 0.717) is 37.5 Å². The second-order valence-corrected chi connectivity index (χ2v) is 10.3. The Balaban J connectivity index is 1.67. The van der Waals surface area contributed by atoms with Gasteiger partial charge in [0, 0.05) is 50.5 Å². The molecule has 0 unspecified atom stereocenters. The highest BCUT2D eigenvalue weighted by Gasteiger charge is 2.29. The molecule has 1 heterocycles. The van der Waals surface area contributed by atoms with Gasteiger partial charge in [0.15, 0.2) is 0 Å². The van der Waals surface area contributed by atoms with E-state index in [1.54, 1.807) is 4.90 Å². The number of nitrogens with one attached hydrogen (secondary N) is 1. The SMILES string of the molecule is CCN(CC)CCN(CCN(CC)CC)C(=O)C(=O)Nc1ccc2c(c1)CCC(=O)N2CC1CCCC1. The van der Waals surface area contributed by atoms with Crippen LogP contribution < -0.4 is 10.2 Å². The van der Waals surface area contributed by atoms with E-state index in [2.05, 4.69) is 42.8 Å². The smallest absolute Gasteiger partial charge is 0.313 e. The fraction of sp³-hybridized carbons (Fsp3) is 0.690. The van der Waals surface area contributed by atoms with Gasteiger partial charge in [-0.1, -0.05) is 40.5 Å². The lowest BCUT2D eigenvalue weighted by Gasteiger charge is -2.32. The highest BCUT2D eigenvalue weighted by molar-refractivity contribution is 6.39. The third-order valence-corrected chi connectivity index (χ3v) is 8.10. The summed E-state index contributed by atoms with van der Waals surface area (Å²) in [5.74, 6) is -0.335. The van der Waals surface area contributed by atoms with Crippen molar-refractivity contribution in [3.63, 3.8) is 0 Å². The molecule has 0 spiro atoms. The number of carbonyl (C=O) groups excluding carboxylic acids is 3. The Hall–Kier alpha value is -2.45. The van der Waals surface area contributed by atoms with Crippen molar-refractivity contribution in [1.29, 1.82) is 0 Å². The van der Waals surface area contributed by atoms with Gasteiger partial charge >= 0.3 is 11.8 Å². The first-order chi connectivity index (χ1) is 17.9. The maximum absolute atomic E-state index is 13.2. The van der Waals surface area contributed by atoms with Crippen LogP contribution in [0.25, 0.3) is 0 Å². The molecule has 206 valence electrons. The number of benzene rings is 1. The average Bonchev–Trinajstić information content (AvgIpc) is 3.43. The zero-order valence-electron chi connectivity index (χ0n) is 23.4. The molecule has 1 N–H and O–H groups in total. The molecule has 1 fully saturated rings. The third-order valence-electron chi connectivity index (χ3n) is 8.10. The van der Waals surface area contributed by atoms with Gasteiger partial charge in [0.05, 0.1) is 0 Å². The van der Waals surface area contributed by atoms with Gasteiger partial charge in [0.25, 0.3) is 0 Å². The molecule has 0 aromatic heterocycles. The molecule has 8 nitrogen and oxygen atoms in total. The lowest BCUT2D eigenvalue weighted by molar-refractivity contribution is -0.143. The molecule has 1 aromatic carbocycles. The van der Waals surface area contributed by atoms with Crippen molar-refractivity contribution < 1.29 is 14.4 Å². The van der Waals surface area contributed by atoms with Gasteiger partial charge < -0.3 is 24.9 Å². The number of anilines is 2. The number of fused-ring (bicyclic) bond motifs is 1. The molecule has 1 aliphatic carbocycles. The topological polar surface area (TPSA) is 76.2 Å². The predicted molar refractivity (Wildman–Crippen MR) is 150 cm³/mol. The fourth-order valence-corrected chi connectivity index (χ4v) is 5.54. The van der Waals surface area contributed by atoms with Gasteiger partial charge in [-0.05, 0) is 75.1 Å². The molecule has 2 aliphatic rings. The second kappa shape index (κ2) is 14.5. The van der Waals surface area contributed by atoms with Gasteiger partial charge in [-0.3, -0.25) is 14.4 Å². The molecule has 8 heteroatoms. The van der Waals surface area contributed by atoms with Crippen LogP contribution in [-0.2, 0) is 20.8 Å². The second-order valence-electron chi connectivity index (χ2n) is 10.3. The zero-order valence-corrected chi connectivity index (χ0v) is 23.4. The molecular weight excluding hydrogens is 466 g/mol. The number of likely N-dealkylation sites (N-methyl/N-ethyl adjacent to an activating group) is 2. The quantitative estimate of drug-likeness (QED) is 0.408. The van der Waals surface area contributed by atoms with Crippen molar-refractivity contribution in [3.8, 4) is 0 Å². The number of rotatable bonds is 13. The fourth-order valence-electron chi connectivity index (χ4n) is 5.54. The summed E-state index contributed by atoms with van der Waals surface area (Å²) in [5, 5.41) is 2.84. The summed E-state index contributed by atoms with van der Waals surface area (Å²) >= 11 is 0. The standard InChI is InChI=1S/C29H47N5O3/c1-5-31(6-2)17-19-33(20-18-32(7-3)8-4)29(37)28(36)30-25-14-15-26-24(21-25)13-16-27(35)34(26)22-23-11-9-10-12-23/h14-15,21,23H,5-13,16-20,22H2,1-4H3,(H,30,36). The van der Waals surface area contributed by atoms with Crippen molar-refractivity contribution in [2.45, 2.75) is 66.2 Å². The molecule has 0 saturated heterocycles. The first-order valence-corrected chi connectivity index (χ1v) is 14.4. The summed E-state index contributed by atoms with van der Waals surface area (Å²) in [6.07, 6.45) is 6.02. The minimum Gasteiger partial charge on any atom is -0.332 e. The lowest BCUT2D eigenvalue weighted by Crippen LogP contribution is -2.46. The summed E-state index contributed by atoms with van der Waals surface area (Å²) in [4.78, 5) is 47.1. The Kier molecular flexibility index (Phi) is 11.4. The van der Waals surface area contributed by atoms with Gasteiger partial charge in [-0.2, -0.15) is 0 Å². The minimum atomic E-state index is -0.603. The molecule has 1 aliphatic heterocycles. The number of aryl methyl sites for hydroxylation is 1. The van der Waals surface area contributed by atoms with Crippen LogP contribution in [0.5, 0.6) is 0 Å².